The Labute approximate surface area is 125 Å². The van der Waals surface area contributed by atoms with E-state index in [0.717, 1.165) is 18.8 Å². The highest BCUT2D eigenvalue weighted by molar-refractivity contribution is 7.90. The number of nitrogens with zero attached hydrogens (tertiary/aromatic N) is 3. The highest BCUT2D eigenvalue weighted by Crippen LogP contribution is 2.07. The molecule has 0 aliphatic rings. The zero-order valence-electron chi connectivity index (χ0n) is 12.9. The highest BCUT2D eigenvalue weighted by Gasteiger charge is 2.05. The van der Waals surface area contributed by atoms with Gasteiger partial charge in [-0.25, -0.2) is 13.1 Å². The average molecular weight is 316 g/mol. The maximum absolute atomic E-state index is 11.9. The Balaban J connectivity index is 2.52. The first-order chi connectivity index (χ1) is 9.87. The van der Waals surface area contributed by atoms with Crippen molar-refractivity contribution in [1.82, 2.24) is 15.1 Å². The molecule has 1 heterocycles. The normalized spacial score (nSPS) is 11.6. The van der Waals surface area contributed by atoms with Crippen molar-refractivity contribution in [2.45, 2.75) is 20.4 Å². The molecular weight excluding hydrogens is 292 g/mol. The molecule has 0 radical (unpaired) electrons. The molecule has 1 aromatic rings. The van der Waals surface area contributed by atoms with Crippen LogP contribution in [0.1, 0.15) is 13.8 Å². The van der Waals surface area contributed by atoms with Crippen LogP contribution in [0.25, 0.3) is 0 Å². The third-order valence-electron chi connectivity index (χ3n) is 3.13. The number of hydrogen-bond acceptors (Lipinski definition) is 6. The number of sulfone groups is 1. The van der Waals surface area contributed by atoms with Crippen LogP contribution in [0, 0.1) is 0 Å². The van der Waals surface area contributed by atoms with E-state index in [4.69, 9.17) is 0 Å². The molecule has 0 amide bonds. The molecule has 1 N–H and O–H groups in total. The lowest BCUT2D eigenvalue weighted by molar-refractivity contribution is 0.537. The number of aromatic nitrogens is 2. The third-order valence-corrected chi connectivity index (χ3v) is 4.08. The molecule has 8 heteroatoms. The fraction of sp³-hybridized carbons (Fsp3) is 0.692. The van der Waals surface area contributed by atoms with Crippen molar-refractivity contribution >= 4 is 15.5 Å². The molecule has 0 aliphatic carbocycles. The number of hydrogen-bond donors (Lipinski definition) is 1. The second kappa shape index (κ2) is 8.14. The number of nitrogens with one attached hydrogen (secondary N) is 1. The van der Waals surface area contributed by atoms with Crippen molar-refractivity contribution in [3.8, 4) is 0 Å². The van der Waals surface area contributed by atoms with Gasteiger partial charge in [-0.3, -0.25) is 4.79 Å². The number of rotatable bonds is 9. The summed E-state index contributed by atoms with van der Waals surface area (Å²) in [5.74, 6) is 0.0935. The first kappa shape index (κ1) is 17.6. The summed E-state index contributed by atoms with van der Waals surface area (Å²) in [6.45, 7) is 7.02. The Morgan fingerprint density at radius 1 is 1.29 bits per heavy atom. The molecule has 0 atom stereocenters. The van der Waals surface area contributed by atoms with Gasteiger partial charge in [0, 0.05) is 38.5 Å². The predicted molar refractivity (Wildman–Crippen MR) is 84.6 cm³/mol. The fourth-order valence-electron chi connectivity index (χ4n) is 1.92. The van der Waals surface area contributed by atoms with Crippen molar-refractivity contribution in [2.75, 3.05) is 43.1 Å². The lowest BCUT2D eigenvalue weighted by atomic mass is 10.4. The van der Waals surface area contributed by atoms with E-state index < -0.39 is 9.84 Å². The summed E-state index contributed by atoms with van der Waals surface area (Å²) < 4.78 is 23.3. The quantitative estimate of drug-likeness (QED) is 0.631. The van der Waals surface area contributed by atoms with E-state index in [2.05, 4.69) is 15.3 Å². The van der Waals surface area contributed by atoms with Crippen LogP contribution in [-0.2, 0) is 16.4 Å². The minimum atomic E-state index is -2.95. The van der Waals surface area contributed by atoms with Crippen molar-refractivity contribution in [3.63, 3.8) is 0 Å². The Kier molecular flexibility index (Phi) is 6.83. The van der Waals surface area contributed by atoms with Crippen molar-refractivity contribution < 1.29 is 8.42 Å². The van der Waals surface area contributed by atoms with Gasteiger partial charge in [0.2, 0.25) is 0 Å². The number of anilines is 1. The van der Waals surface area contributed by atoms with Gasteiger partial charge in [-0.2, -0.15) is 5.10 Å². The molecular formula is C13H24N4O3S. The first-order valence-electron chi connectivity index (χ1n) is 7.08. The van der Waals surface area contributed by atoms with E-state index in [0.29, 0.717) is 19.6 Å². The second-order valence-electron chi connectivity index (χ2n) is 4.83. The van der Waals surface area contributed by atoms with Gasteiger partial charge in [0.15, 0.2) is 0 Å². The first-order valence-corrected chi connectivity index (χ1v) is 9.14. The lowest BCUT2D eigenvalue weighted by Crippen LogP contribution is -2.32. The predicted octanol–water partition coefficient (Wildman–Crippen LogP) is -0.276. The molecule has 0 spiro atoms. The summed E-state index contributed by atoms with van der Waals surface area (Å²) in [6.07, 6.45) is 2.89. The summed E-state index contributed by atoms with van der Waals surface area (Å²) in [4.78, 5) is 14.0. The molecule has 1 rings (SSSR count). The van der Waals surface area contributed by atoms with Crippen LogP contribution < -0.4 is 15.8 Å². The highest BCUT2D eigenvalue weighted by atomic mass is 32.2. The van der Waals surface area contributed by atoms with Gasteiger partial charge in [0.05, 0.1) is 24.2 Å². The molecule has 7 nitrogen and oxygen atoms in total. The van der Waals surface area contributed by atoms with Gasteiger partial charge < -0.3 is 10.2 Å². The van der Waals surface area contributed by atoms with Crippen LogP contribution in [0.5, 0.6) is 0 Å². The summed E-state index contributed by atoms with van der Waals surface area (Å²) in [6, 6.07) is 1.58. The zero-order valence-corrected chi connectivity index (χ0v) is 13.7. The molecule has 0 saturated carbocycles. The summed E-state index contributed by atoms with van der Waals surface area (Å²) in [7, 11) is -2.95. The lowest BCUT2D eigenvalue weighted by Gasteiger charge is -2.20. The minimum absolute atomic E-state index is 0.0935. The largest absolute Gasteiger partial charge is 0.371 e. The van der Waals surface area contributed by atoms with Gasteiger partial charge in [0.25, 0.3) is 5.56 Å². The molecule has 1 aromatic heterocycles. The van der Waals surface area contributed by atoms with Crippen molar-refractivity contribution in [2.24, 2.45) is 0 Å². The van der Waals surface area contributed by atoms with Crippen LogP contribution in [-0.4, -0.2) is 56.4 Å². The third kappa shape index (κ3) is 6.26. The van der Waals surface area contributed by atoms with Gasteiger partial charge >= 0.3 is 0 Å². The maximum Gasteiger partial charge on any atom is 0.268 e. The Bertz CT molecular complexity index is 594. The fourth-order valence-corrected chi connectivity index (χ4v) is 2.44. The van der Waals surface area contributed by atoms with E-state index in [1.807, 2.05) is 13.8 Å². The summed E-state index contributed by atoms with van der Waals surface area (Å²) in [5, 5.41) is 7.13. The second-order valence-corrected chi connectivity index (χ2v) is 7.09. The molecule has 0 aromatic carbocycles. The van der Waals surface area contributed by atoms with Gasteiger partial charge in [0.1, 0.15) is 9.84 Å². The molecule has 0 unspecified atom stereocenters. The Morgan fingerprint density at radius 3 is 2.48 bits per heavy atom. The Hall–Kier alpha value is -1.41. The molecule has 0 fully saturated rings. The molecule has 0 aliphatic heterocycles. The molecule has 0 saturated heterocycles. The Morgan fingerprint density at radius 2 is 1.95 bits per heavy atom. The molecule has 21 heavy (non-hydrogen) atoms. The SMILES string of the molecule is CCN(CC)c1cnn(CCNCCS(C)(=O)=O)c(=O)c1. The van der Waals surface area contributed by atoms with E-state index in [1.165, 1.54) is 10.9 Å². The standard InChI is InChI=1S/C13H24N4O3S/c1-4-16(5-2)12-10-13(18)17(15-11-12)8-6-14-7-9-21(3,19)20/h10-11,14H,4-9H2,1-3H3. The average Bonchev–Trinajstić information content (AvgIpc) is 2.40. The summed E-state index contributed by atoms with van der Waals surface area (Å²) >= 11 is 0. The summed E-state index contributed by atoms with van der Waals surface area (Å²) in [5.41, 5.74) is 0.676. The van der Waals surface area contributed by atoms with Crippen LogP contribution >= 0.6 is 0 Å². The smallest absolute Gasteiger partial charge is 0.268 e. The van der Waals surface area contributed by atoms with Crippen LogP contribution in [0.4, 0.5) is 5.69 Å². The zero-order chi connectivity index (χ0) is 15.9. The van der Waals surface area contributed by atoms with Gasteiger partial charge in [-0.05, 0) is 13.8 Å². The van der Waals surface area contributed by atoms with E-state index in [1.54, 1.807) is 12.3 Å². The van der Waals surface area contributed by atoms with Crippen LogP contribution in [0.2, 0.25) is 0 Å². The monoisotopic (exact) mass is 316 g/mol. The van der Waals surface area contributed by atoms with E-state index in [9.17, 15) is 13.2 Å². The van der Waals surface area contributed by atoms with Crippen molar-refractivity contribution in [1.29, 1.82) is 0 Å². The molecule has 0 bridgehead atoms. The van der Waals surface area contributed by atoms with Gasteiger partial charge in [-0.1, -0.05) is 0 Å². The maximum atomic E-state index is 11.9. The van der Waals surface area contributed by atoms with E-state index in [-0.39, 0.29) is 11.3 Å². The topological polar surface area (TPSA) is 84.3 Å². The van der Waals surface area contributed by atoms with Crippen molar-refractivity contribution in [3.05, 3.63) is 22.6 Å². The molecule has 120 valence electrons. The van der Waals surface area contributed by atoms with Crippen LogP contribution in [0.15, 0.2) is 17.1 Å². The van der Waals surface area contributed by atoms with Gasteiger partial charge in [-0.15, -0.1) is 0 Å². The van der Waals surface area contributed by atoms with E-state index >= 15 is 0 Å². The van der Waals surface area contributed by atoms with Crippen LogP contribution in [0.3, 0.4) is 0 Å². The minimum Gasteiger partial charge on any atom is -0.371 e.